The topological polar surface area (TPSA) is 92.6 Å². The van der Waals surface area contributed by atoms with Gasteiger partial charge in [-0.25, -0.2) is 8.42 Å². The van der Waals surface area contributed by atoms with Gasteiger partial charge in [-0.15, -0.1) is 0 Å². The third kappa shape index (κ3) is 4.17. The second-order valence-corrected chi connectivity index (χ2v) is 8.57. The largest absolute Gasteiger partial charge is 0.370 e. The van der Waals surface area contributed by atoms with Crippen molar-refractivity contribution < 1.29 is 13.3 Å². The van der Waals surface area contributed by atoms with E-state index < -0.39 is 14.9 Å². The molecule has 1 saturated heterocycles. The molecule has 0 amide bonds. The van der Waals surface area contributed by atoms with Gasteiger partial charge in [0, 0.05) is 24.7 Å². The van der Waals surface area contributed by atoms with E-state index in [1.54, 1.807) is 12.1 Å². The molecule has 0 radical (unpaired) electrons. The summed E-state index contributed by atoms with van der Waals surface area (Å²) < 4.78 is 28.3. The molecule has 27 heavy (non-hydrogen) atoms. The first kappa shape index (κ1) is 19.4. The number of hydrogen-bond donors (Lipinski definition) is 1. The van der Waals surface area contributed by atoms with Crippen molar-refractivity contribution in [2.45, 2.75) is 31.1 Å². The lowest BCUT2D eigenvalue weighted by atomic mass is 10.1. The Kier molecular flexibility index (Phi) is 5.57. The Hall–Kier alpha value is -2.32. The molecule has 1 N–H and O–H groups in total. The monoisotopic (exact) mass is 409 g/mol. The average molecular weight is 410 g/mol. The lowest BCUT2D eigenvalue weighted by molar-refractivity contribution is -0.385. The number of sulfonamides is 1. The molecule has 144 valence electrons. The van der Waals surface area contributed by atoms with Gasteiger partial charge in [-0.05, 0) is 44.4 Å². The van der Waals surface area contributed by atoms with Gasteiger partial charge in [0.2, 0.25) is 0 Å². The van der Waals surface area contributed by atoms with Crippen LogP contribution < -0.4 is 9.62 Å². The summed E-state index contributed by atoms with van der Waals surface area (Å²) in [5.41, 5.74) is 1.15. The van der Waals surface area contributed by atoms with Gasteiger partial charge in [-0.1, -0.05) is 23.7 Å². The number of nitro groups is 1. The molecule has 7 nitrogen and oxygen atoms in total. The number of para-hydroxylation sites is 2. The lowest BCUT2D eigenvalue weighted by Gasteiger charge is -2.30. The van der Waals surface area contributed by atoms with Crippen molar-refractivity contribution in [1.29, 1.82) is 0 Å². The number of piperidine rings is 1. The number of benzene rings is 2. The predicted molar refractivity (Wildman–Crippen MR) is 106 cm³/mol. The van der Waals surface area contributed by atoms with Crippen LogP contribution in [0.2, 0.25) is 5.02 Å². The Morgan fingerprint density at radius 1 is 1.15 bits per heavy atom. The summed E-state index contributed by atoms with van der Waals surface area (Å²) >= 11 is 6.02. The maximum absolute atomic E-state index is 12.9. The van der Waals surface area contributed by atoms with Crippen LogP contribution in [-0.4, -0.2) is 26.4 Å². The summed E-state index contributed by atoms with van der Waals surface area (Å²) in [6, 6.07) is 9.42. The van der Waals surface area contributed by atoms with E-state index in [9.17, 15) is 18.5 Å². The summed E-state index contributed by atoms with van der Waals surface area (Å²) in [7, 11) is -4.04. The molecule has 2 aromatic rings. The SMILES string of the molecule is Cc1c(Cl)cc(S(=O)(=O)Nc2ccccc2N2CCCCC2)cc1[N+](=O)[O-]. The van der Waals surface area contributed by atoms with Crippen LogP contribution in [0.4, 0.5) is 17.1 Å². The summed E-state index contributed by atoms with van der Waals surface area (Å²) in [4.78, 5) is 12.5. The minimum Gasteiger partial charge on any atom is -0.370 e. The molecule has 0 aromatic heterocycles. The molecule has 0 atom stereocenters. The van der Waals surface area contributed by atoms with Crippen molar-refractivity contribution in [3.63, 3.8) is 0 Å². The molecule has 0 unspecified atom stereocenters. The van der Waals surface area contributed by atoms with E-state index in [0.29, 0.717) is 5.69 Å². The third-order valence-corrected chi connectivity index (χ3v) is 6.38. The molecule has 0 saturated carbocycles. The first-order valence-corrected chi connectivity index (χ1v) is 10.5. The molecule has 1 fully saturated rings. The van der Waals surface area contributed by atoms with Crippen LogP contribution in [0.5, 0.6) is 0 Å². The van der Waals surface area contributed by atoms with Crippen molar-refractivity contribution in [2.75, 3.05) is 22.7 Å². The van der Waals surface area contributed by atoms with Crippen LogP contribution in [0, 0.1) is 17.0 Å². The van der Waals surface area contributed by atoms with E-state index in [1.807, 2.05) is 12.1 Å². The zero-order valence-electron chi connectivity index (χ0n) is 14.8. The first-order chi connectivity index (χ1) is 12.8. The minimum absolute atomic E-state index is 0.0360. The third-order valence-electron chi connectivity index (χ3n) is 4.64. The molecule has 0 aliphatic carbocycles. The number of nitrogens with zero attached hydrogens (tertiary/aromatic N) is 2. The summed E-state index contributed by atoms with van der Waals surface area (Å²) in [5.74, 6) is 0. The Balaban J connectivity index is 1.97. The van der Waals surface area contributed by atoms with Gasteiger partial charge >= 0.3 is 0 Å². The van der Waals surface area contributed by atoms with E-state index in [-0.39, 0.29) is 21.2 Å². The second-order valence-electron chi connectivity index (χ2n) is 6.48. The summed E-state index contributed by atoms with van der Waals surface area (Å²) in [5, 5.41) is 11.2. The molecule has 0 spiro atoms. The smallest absolute Gasteiger partial charge is 0.275 e. The van der Waals surface area contributed by atoms with Crippen LogP contribution in [0.3, 0.4) is 0 Å². The highest BCUT2D eigenvalue weighted by atomic mass is 35.5. The predicted octanol–water partition coefficient (Wildman–Crippen LogP) is 4.35. The van der Waals surface area contributed by atoms with Crippen molar-refractivity contribution in [3.05, 3.63) is 57.1 Å². The van der Waals surface area contributed by atoms with E-state index in [4.69, 9.17) is 11.6 Å². The summed E-state index contributed by atoms with van der Waals surface area (Å²) in [6.45, 7) is 3.21. The normalized spacial score (nSPS) is 14.8. The number of halogens is 1. The second kappa shape index (κ2) is 7.74. The molecule has 0 bridgehead atoms. The van der Waals surface area contributed by atoms with E-state index in [0.717, 1.165) is 44.1 Å². The average Bonchev–Trinajstić information content (AvgIpc) is 2.64. The van der Waals surface area contributed by atoms with Gasteiger partial charge < -0.3 is 4.90 Å². The van der Waals surface area contributed by atoms with Gasteiger partial charge in [0.15, 0.2) is 0 Å². The van der Waals surface area contributed by atoms with E-state index in [2.05, 4.69) is 9.62 Å². The van der Waals surface area contributed by atoms with Crippen molar-refractivity contribution >= 4 is 38.7 Å². The number of nitrogens with one attached hydrogen (secondary N) is 1. The van der Waals surface area contributed by atoms with E-state index >= 15 is 0 Å². The number of hydrogen-bond acceptors (Lipinski definition) is 5. The van der Waals surface area contributed by atoms with Gasteiger partial charge in [-0.3, -0.25) is 14.8 Å². The highest BCUT2D eigenvalue weighted by Crippen LogP contribution is 2.33. The highest BCUT2D eigenvalue weighted by Gasteiger charge is 2.24. The zero-order valence-corrected chi connectivity index (χ0v) is 16.4. The number of anilines is 2. The lowest BCUT2D eigenvalue weighted by Crippen LogP contribution is -2.30. The fraction of sp³-hybridized carbons (Fsp3) is 0.333. The molecule has 3 rings (SSSR count). The van der Waals surface area contributed by atoms with Crippen molar-refractivity contribution in [3.8, 4) is 0 Å². The first-order valence-electron chi connectivity index (χ1n) is 8.61. The molecule has 1 aliphatic rings. The van der Waals surface area contributed by atoms with Crippen LogP contribution in [0.25, 0.3) is 0 Å². The molecule has 1 aliphatic heterocycles. The fourth-order valence-corrected chi connectivity index (χ4v) is 4.56. The van der Waals surface area contributed by atoms with Crippen molar-refractivity contribution in [2.24, 2.45) is 0 Å². The van der Waals surface area contributed by atoms with E-state index in [1.165, 1.54) is 13.0 Å². The maximum Gasteiger partial charge on any atom is 0.275 e. The van der Waals surface area contributed by atoms with Gasteiger partial charge in [0.05, 0.1) is 26.2 Å². The van der Waals surface area contributed by atoms with Crippen LogP contribution in [-0.2, 0) is 10.0 Å². The summed E-state index contributed by atoms with van der Waals surface area (Å²) in [6.07, 6.45) is 3.28. The van der Waals surface area contributed by atoms with Crippen LogP contribution in [0.1, 0.15) is 24.8 Å². The molecule has 2 aromatic carbocycles. The van der Waals surface area contributed by atoms with Crippen molar-refractivity contribution in [1.82, 2.24) is 0 Å². The Labute approximate surface area is 163 Å². The van der Waals surface area contributed by atoms with Gasteiger partial charge in [0.1, 0.15) is 0 Å². The number of rotatable bonds is 5. The highest BCUT2D eigenvalue weighted by molar-refractivity contribution is 7.92. The van der Waals surface area contributed by atoms with Gasteiger partial charge in [-0.2, -0.15) is 0 Å². The standard InChI is InChI=1S/C18H20ClN3O4S/c1-13-15(19)11-14(12-18(13)22(23)24)27(25,26)20-16-7-3-4-8-17(16)21-9-5-2-6-10-21/h3-4,7-8,11-12,20H,2,5-6,9-10H2,1H3. The molecule has 9 heteroatoms. The molecular weight excluding hydrogens is 390 g/mol. The maximum atomic E-state index is 12.9. The Bertz CT molecular complexity index is 973. The Morgan fingerprint density at radius 3 is 2.48 bits per heavy atom. The Morgan fingerprint density at radius 2 is 1.81 bits per heavy atom. The van der Waals surface area contributed by atoms with Crippen LogP contribution >= 0.6 is 11.6 Å². The van der Waals surface area contributed by atoms with Gasteiger partial charge in [0.25, 0.3) is 15.7 Å². The number of nitro benzene ring substituents is 1. The molecule has 1 heterocycles. The zero-order chi connectivity index (χ0) is 19.6. The fourth-order valence-electron chi connectivity index (χ4n) is 3.16. The van der Waals surface area contributed by atoms with Crippen LogP contribution in [0.15, 0.2) is 41.3 Å². The quantitative estimate of drug-likeness (QED) is 0.585. The molecular formula is C18H20ClN3O4S. The minimum atomic E-state index is -4.04.